The van der Waals surface area contributed by atoms with Gasteiger partial charge in [0, 0.05) is 29.4 Å². The van der Waals surface area contributed by atoms with Gasteiger partial charge in [0.2, 0.25) is 10.0 Å². The van der Waals surface area contributed by atoms with Crippen LogP contribution >= 0.6 is 0 Å². The Kier molecular flexibility index (Phi) is 4.12. The summed E-state index contributed by atoms with van der Waals surface area (Å²) < 4.78 is 27.7. The van der Waals surface area contributed by atoms with E-state index in [-0.39, 0.29) is 10.8 Å². The van der Waals surface area contributed by atoms with Crippen LogP contribution in [0.25, 0.3) is 10.8 Å². The first-order chi connectivity index (χ1) is 11.0. The van der Waals surface area contributed by atoms with Crippen molar-refractivity contribution in [2.75, 3.05) is 18.0 Å². The van der Waals surface area contributed by atoms with Crippen molar-refractivity contribution in [1.29, 1.82) is 0 Å². The summed E-state index contributed by atoms with van der Waals surface area (Å²) in [5.41, 5.74) is 1.38. The monoisotopic (exact) mass is 332 g/mol. The maximum absolute atomic E-state index is 12.6. The fourth-order valence-electron chi connectivity index (χ4n) is 3.01. The zero-order valence-corrected chi connectivity index (χ0v) is 14.1. The number of anilines is 1. The van der Waals surface area contributed by atoms with E-state index in [2.05, 4.69) is 4.72 Å². The normalized spacial score (nSPS) is 14.0. The highest BCUT2D eigenvalue weighted by Crippen LogP contribution is 2.40. The number of carbonyl (C=O) groups is 1. The van der Waals surface area contributed by atoms with Crippen molar-refractivity contribution in [2.24, 2.45) is 0 Å². The molecule has 0 aliphatic carbocycles. The quantitative estimate of drug-likeness (QED) is 0.884. The van der Waals surface area contributed by atoms with Crippen molar-refractivity contribution in [3.05, 3.63) is 35.9 Å². The molecule has 0 saturated heterocycles. The first kappa shape index (κ1) is 16.0. The molecule has 0 fully saturated rings. The third kappa shape index (κ3) is 2.52. The number of nitrogens with zero attached hydrogens (tertiary/aromatic N) is 1. The molecule has 1 amide bonds. The summed E-state index contributed by atoms with van der Waals surface area (Å²) in [6.45, 7) is 4.95. The van der Waals surface area contributed by atoms with Crippen LogP contribution < -0.4 is 9.62 Å². The first-order valence-electron chi connectivity index (χ1n) is 7.88. The first-order valence-corrected chi connectivity index (χ1v) is 9.36. The van der Waals surface area contributed by atoms with E-state index in [1.165, 1.54) is 0 Å². The molecule has 0 bridgehead atoms. The Balaban J connectivity index is 2.22. The lowest BCUT2D eigenvalue weighted by Gasteiger charge is -2.17. The van der Waals surface area contributed by atoms with Gasteiger partial charge in [0.25, 0.3) is 5.91 Å². The van der Waals surface area contributed by atoms with Gasteiger partial charge in [-0.15, -0.1) is 0 Å². The topological polar surface area (TPSA) is 66.5 Å². The van der Waals surface area contributed by atoms with Crippen LogP contribution in [-0.4, -0.2) is 27.4 Å². The molecule has 0 saturated carbocycles. The fraction of sp³-hybridized carbons (Fsp3) is 0.353. The standard InChI is InChI=1S/C17H20N2O3S/c1-3-10-18-23(21,22)15-9-8-14-16-12(15)6-5-7-13(16)17(20)19(14)11-4-2/h5-9,18H,3-4,10-11H2,1-2H3. The number of rotatable bonds is 6. The molecular formula is C17H20N2O3S. The van der Waals surface area contributed by atoms with Gasteiger partial charge in [-0.1, -0.05) is 26.0 Å². The van der Waals surface area contributed by atoms with E-state index in [9.17, 15) is 13.2 Å². The van der Waals surface area contributed by atoms with Crippen molar-refractivity contribution in [2.45, 2.75) is 31.6 Å². The molecule has 1 N–H and O–H groups in total. The molecule has 0 unspecified atom stereocenters. The van der Waals surface area contributed by atoms with Crippen LogP contribution in [0.1, 0.15) is 37.0 Å². The Morgan fingerprint density at radius 1 is 1.09 bits per heavy atom. The number of nitrogens with one attached hydrogen (secondary N) is 1. The highest BCUT2D eigenvalue weighted by atomic mass is 32.2. The van der Waals surface area contributed by atoms with E-state index < -0.39 is 10.0 Å². The van der Waals surface area contributed by atoms with E-state index in [4.69, 9.17) is 0 Å². The average molecular weight is 332 g/mol. The van der Waals surface area contributed by atoms with Gasteiger partial charge in [-0.2, -0.15) is 0 Å². The smallest absolute Gasteiger partial charge is 0.258 e. The van der Waals surface area contributed by atoms with E-state index >= 15 is 0 Å². The molecule has 1 heterocycles. The fourth-order valence-corrected chi connectivity index (χ4v) is 4.35. The number of carbonyl (C=O) groups excluding carboxylic acids is 1. The summed E-state index contributed by atoms with van der Waals surface area (Å²) >= 11 is 0. The van der Waals surface area contributed by atoms with Gasteiger partial charge in [-0.25, -0.2) is 13.1 Å². The Morgan fingerprint density at radius 2 is 1.87 bits per heavy atom. The number of amides is 1. The minimum atomic E-state index is -3.58. The maximum atomic E-state index is 12.6. The summed E-state index contributed by atoms with van der Waals surface area (Å²) in [6, 6.07) is 8.62. The molecule has 0 radical (unpaired) electrons. The Hall–Kier alpha value is -1.92. The molecule has 122 valence electrons. The molecule has 5 nitrogen and oxygen atoms in total. The van der Waals surface area contributed by atoms with Crippen molar-refractivity contribution < 1.29 is 13.2 Å². The Labute approximate surface area is 136 Å². The number of benzene rings is 2. The largest absolute Gasteiger partial charge is 0.308 e. The number of hydrogen-bond donors (Lipinski definition) is 1. The predicted octanol–water partition coefficient (Wildman–Crippen LogP) is 2.90. The van der Waals surface area contributed by atoms with Gasteiger partial charge < -0.3 is 4.90 Å². The zero-order chi connectivity index (χ0) is 16.6. The molecule has 1 aliphatic heterocycles. The molecule has 6 heteroatoms. The summed E-state index contributed by atoms with van der Waals surface area (Å²) in [7, 11) is -3.58. The molecule has 0 atom stereocenters. The van der Waals surface area contributed by atoms with Gasteiger partial charge in [0.15, 0.2) is 0 Å². The van der Waals surface area contributed by atoms with Gasteiger partial charge in [-0.3, -0.25) is 4.79 Å². The van der Waals surface area contributed by atoms with Gasteiger partial charge in [-0.05, 0) is 31.0 Å². The molecule has 23 heavy (non-hydrogen) atoms. The highest BCUT2D eigenvalue weighted by molar-refractivity contribution is 7.89. The second-order valence-electron chi connectivity index (χ2n) is 5.67. The maximum Gasteiger partial charge on any atom is 0.258 e. The predicted molar refractivity (Wildman–Crippen MR) is 91.4 cm³/mol. The zero-order valence-electron chi connectivity index (χ0n) is 13.3. The number of sulfonamides is 1. The average Bonchev–Trinajstić information content (AvgIpc) is 2.81. The van der Waals surface area contributed by atoms with E-state index in [0.29, 0.717) is 24.0 Å². The minimum absolute atomic E-state index is 0.0523. The lowest BCUT2D eigenvalue weighted by atomic mass is 10.1. The molecule has 3 rings (SSSR count). The van der Waals surface area contributed by atoms with E-state index in [0.717, 1.165) is 23.9 Å². The Bertz CT molecular complexity index is 875. The van der Waals surface area contributed by atoms with Crippen LogP contribution in [0.5, 0.6) is 0 Å². The van der Waals surface area contributed by atoms with E-state index in [1.54, 1.807) is 35.2 Å². The van der Waals surface area contributed by atoms with Crippen LogP contribution in [0, 0.1) is 0 Å². The molecule has 0 spiro atoms. The van der Waals surface area contributed by atoms with Crippen LogP contribution in [0.2, 0.25) is 0 Å². The summed E-state index contributed by atoms with van der Waals surface area (Å²) in [5.74, 6) is -0.0523. The number of hydrogen-bond acceptors (Lipinski definition) is 3. The molecular weight excluding hydrogens is 312 g/mol. The molecule has 0 aromatic heterocycles. The van der Waals surface area contributed by atoms with Crippen LogP contribution in [0.15, 0.2) is 35.2 Å². The second kappa shape index (κ2) is 5.94. The van der Waals surface area contributed by atoms with Crippen molar-refractivity contribution >= 4 is 32.4 Å². The van der Waals surface area contributed by atoms with Crippen molar-refractivity contribution in [1.82, 2.24) is 4.72 Å². The minimum Gasteiger partial charge on any atom is -0.308 e. The highest BCUT2D eigenvalue weighted by Gasteiger charge is 2.31. The SMILES string of the molecule is CCCNS(=O)(=O)c1ccc2c3c(cccc13)C(=O)N2CCC. The second-order valence-corrected chi connectivity index (χ2v) is 7.40. The van der Waals surface area contributed by atoms with Crippen molar-refractivity contribution in [3.63, 3.8) is 0 Å². The third-order valence-electron chi connectivity index (χ3n) is 4.02. The summed E-state index contributed by atoms with van der Waals surface area (Å²) in [6.07, 6.45) is 1.57. The lowest BCUT2D eigenvalue weighted by Crippen LogP contribution is -2.27. The van der Waals surface area contributed by atoms with Crippen LogP contribution in [-0.2, 0) is 10.0 Å². The lowest BCUT2D eigenvalue weighted by molar-refractivity contribution is 0.0993. The van der Waals surface area contributed by atoms with Gasteiger partial charge >= 0.3 is 0 Å². The molecule has 2 aromatic carbocycles. The van der Waals surface area contributed by atoms with E-state index in [1.807, 2.05) is 13.8 Å². The summed E-state index contributed by atoms with van der Waals surface area (Å²) in [4.78, 5) is 14.5. The molecule has 2 aromatic rings. The van der Waals surface area contributed by atoms with Gasteiger partial charge in [0.1, 0.15) is 0 Å². The van der Waals surface area contributed by atoms with Gasteiger partial charge in [0.05, 0.1) is 10.6 Å². The third-order valence-corrected chi connectivity index (χ3v) is 5.54. The Morgan fingerprint density at radius 3 is 2.57 bits per heavy atom. The van der Waals surface area contributed by atoms with Crippen LogP contribution in [0.3, 0.4) is 0 Å². The van der Waals surface area contributed by atoms with Crippen LogP contribution in [0.4, 0.5) is 5.69 Å². The van der Waals surface area contributed by atoms with Crippen molar-refractivity contribution in [3.8, 4) is 0 Å². The molecule has 1 aliphatic rings. The summed E-state index contributed by atoms with van der Waals surface area (Å²) in [5, 5.41) is 1.35.